The van der Waals surface area contributed by atoms with Crippen LogP contribution in [-0.2, 0) is 9.47 Å². The van der Waals surface area contributed by atoms with Gasteiger partial charge in [0.05, 0.1) is 18.8 Å². The maximum Gasteiger partial charge on any atom is 0.270 e. The number of para-hydroxylation sites is 1. The molecule has 1 amide bonds. The van der Waals surface area contributed by atoms with E-state index < -0.39 is 0 Å². The van der Waals surface area contributed by atoms with Crippen molar-refractivity contribution in [2.45, 2.75) is 37.3 Å². The first kappa shape index (κ1) is 18.2. The number of carbonyl (C=O) groups excluding carboxylic acids is 1. The molecule has 2 aromatic rings. The van der Waals surface area contributed by atoms with E-state index in [1.807, 2.05) is 35.2 Å². The van der Waals surface area contributed by atoms with E-state index in [0.29, 0.717) is 11.7 Å². The number of amides is 1. The van der Waals surface area contributed by atoms with Crippen molar-refractivity contribution in [2.75, 3.05) is 46.0 Å². The first-order chi connectivity index (χ1) is 13.7. The molecule has 3 aliphatic rings. The fourth-order valence-corrected chi connectivity index (χ4v) is 5.08. The molecule has 1 spiro atoms. The van der Waals surface area contributed by atoms with Crippen molar-refractivity contribution in [2.24, 2.45) is 0 Å². The average Bonchev–Trinajstić information content (AvgIpc) is 3.19. The molecule has 0 aliphatic carbocycles. The van der Waals surface area contributed by atoms with Crippen LogP contribution in [0.15, 0.2) is 30.3 Å². The Hall–Kier alpha value is -1.89. The van der Waals surface area contributed by atoms with Crippen molar-refractivity contribution < 1.29 is 14.3 Å². The monoisotopic (exact) mass is 383 g/mol. The second-order valence-electron chi connectivity index (χ2n) is 8.39. The highest BCUT2D eigenvalue weighted by Crippen LogP contribution is 2.37. The number of hydrogen-bond acceptors (Lipinski definition) is 4. The summed E-state index contributed by atoms with van der Waals surface area (Å²) in [6, 6.07) is 10.6. The average molecular weight is 383 g/mol. The maximum atomic E-state index is 13.0. The number of hydrogen-bond donors (Lipinski definition) is 1. The molecule has 150 valence electrons. The number of ether oxygens (including phenoxy) is 2. The van der Waals surface area contributed by atoms with Crippen LogP contribution >= 0.6 is 0 Å². The number of nitrogens with one attached hydrogen (secondary N) is 1. The number of morpholine rings is 1. The van der Waals surface area contributed by atoms with Gasteiger partial charge < -0.3 is 19.4 Å². The van der Waals surface area contributed by atoms with Gasteiger partial charge in [-0.2, -0.15) is 0 Å². The molecule has 4 heterocycles. The van der Waals surface area contributed by atoms with Crippen molar-refractivity contribution in [3.05, 3.63) is 36.0 Å². The lowest BCUT2D eigenvalue weighted by Gasteiger charge is -2.49. The van der Waals surface area contributed by atoms with Gasteiger partial charge in [0.2, 0.25) is 0 Å². The molecule has 28 heavy (non-hydrogen) atoms. The van der Waals surface area contributed by atoms with Gasteiger partial charge in [-0.15, -0.1) is 0 Å². The summed E-state index contributed by atoms with van der Waals surface area (Å²) < 4.78 is 11.8. The smallest absolute Gasteiger partial charge is 0.270 e. The minimum atomic E-state index is -0.0571. The molecular weight excluding hydrogens is 354 g/mol. The minimum Gasteiger partial charge on any atom is -0.379 e. The second kappa shape index (κ2) is 7.50. The molecule has 1 unspecified atom stereocenters. The molecule has 1 N–H and O–H groups in total. The Kier molecular flexibility index (Phi) is 4.87. The van der Waals surface area contributed by atoms with Crippen LogP contribution in [0.2, 0.25) is 0 Å². The van der Waals surface area contributed by atoms with E-state index in [1.165, 1.54) is 0 Å². The highest BCUT2D eigenvalue weighted by atomic mass is 16.5. The van der Waals surface area contributed by atoms with E-state index in [9.17, 15) is 4.79 Å². The maximum absolute atomic E-state index is 13.0. The molecule has 0 bridgehead atoms. The Balaban J connectivity index is 1.23. The second-order valence-corrected chi connectivity index (χ2v) is 8.39. The predicted molar refractivity (Wildman–Crippen MR) is 108 cm³/mol. The molecule has 5 rings (SSSR count). The fourth-order valence-electron chi connectivity index (χ4n) is 5.08. The lowest BCUT2D eigenvalue weighted by atomic mass is 9.81. The Morgan fingerprint density at radius 3 is 2.64 bits per heavy atom. The molecule has 1 aromatic heterocycles. The number of benzene rings is 1. The minimum absolute atomic E-state index is 0.0571. The molecule has 0 saturated carbocycles. The largest absolute Gasteiger partial charge is 0.379 e. The third-order valence-electron chi connectivity index (χ3n) is 6.75. The summed E-state index contributed by atoms with van der Waals surface area (Å²) in [5, 5.41) is 1.09. The molecular formula is C22H29N3O3. The van der Waals surface area contributed by atoms with Crippen LogP contribution in [0.5, 0.6) is 0 Å². The summed E-state index contributed by atoms with van der Waals surface area (Å²) in [6.07, 6.45) is 4.06. The zero-order chi connectivity index (χ0) is 19.0. The first-order valence-corrected chi connectivity index (χ1v) is 10.6. The van der Waals surface area contributed by atoms with Crippen LogP contribution < -0.4 is 0 Å². The van der Waals surface area contributed by atoms with E-state index in [4.69, 9.17) is 9.47 Å². The number of nitrogens with zero attached hydrogens (tertiary/aromatic N) is 2. The molecule has 1 atom stereocenters. The molecule has 0 radical (unpaired) electrons. The van der Waals surface area contributed by atoms with Crippen molar-refractivity contribution in [3.63, 3.8) is 0 Å². The van der Waals surface area contributed by atoms with Crippen LogP contribution in [0.3, 0.4) is 0 Å². The SMILES string of the molecule is O=C(c1cc2ccccc2[nH]1)N1CCC2(CC1)CC(N1CCOCC1)CCO2. The molecule has 3 aliphatic heterocycles. The van der Waals surface area contributed by atoms with E-state index in [0.717, 1.165) is 82.6 Å². The van der Waals surface area contributed by atoms with Crippen LogP contribution in [0, 0.1) is 0 Å². The van der Waals surface area contributed by atoms with Crippen molar-refractivity contribution in [3.8, 4) is 0 Å². The molecule has 6 nitrogen and oxygen atoms in total. The summed E-state index contributed by atoms with van der Waals surface area (Å²) in [6.45, 7) is 6.12. The van der Waals surface area contributed by atoms with Gasteiger partial charge in [0.15, 0.2) is 0 Å². The first-order valence-electron chi connectivity index (χ1n) is 10.6. The highest BCUT2D eigenvalue weighted by molar-refractivity contribution is 5.98. The zero-order valence-corrected chi connectivity index (χ0v) is 16.4. The summed E-state index contributed by atoms with van der Waals surface area (Å²) in [4.78, 5) is 20.8. The Morgan fingerprint density at radius 2 is 1.86 bits per heavy atom. The predicted octanol–water partition coefficient (Wildman–Crippen LogP) is 2.65. The normalized spacial score (nSPS) is 26.0. The molecule has 3 fully saturated rings. The summed E-state index contributed by atoms with van der Waals surface area (Å²) in [7, 11) is 0. The lowest BCUT2D eigenvalue weighted by Crippen LogP contribution is -2.55. The third-order valence-corrected chi connectivity index (χ3v) is 6.75. The number of fused-ring (bicyclic) bond motifs is 1. The number of aromatic nitrogens is 1. The summed E-state index contributed by atoms with van der Waals surface area (Å²) >= 11 is 0. The van der Waals surface area contributed by atoms with E-state index in [1.54, 1.807) is 0 Å². The topological polar surface area (TPSA) is 57.8 Å². The molecule has 3 saturated heterocycles. The Labute approximate surface area is 165 Å². The van der Waals surface area contributed by atoms with E-state index in [-0.39, 0.29) is 11.5 Å². The zero-order valence-electron chi connectivity index (χ0n) is 16.4. The summed E-state index contributed by atoms with van der Waals surface area (Å²) in [5.74, 6) is 0.103. The lowest BCUT2D eigenvalue weighted by molar-refractivity contribution is -0.136. The van der Waals surface area contributed by atoms with Gasteiger partial charge in [0.1, 0.15) is 5.69 Å². The van der Waals surface area contributed by atoms with Crippen LogP contribution in [0.1, 0.15) is 36.2 Å². The number of rotatable bonds is 2. The van der Waals surface area contributed by atoms with Crippen molar-refractivity contribution in [1.29, 1.82) is 0 Å². The van der Waals surface area contributed by atoms with Crippen LogP contribution in [0.25, 0.3) is 10.9 Å². The van der Waals surface area contributed by atoms with Gasteiger partial charge in [-0.05, 0) is 37.8 Å². The van der Waals surface area contributed by atoms with Crippen LogP contribution in [-0.4, -0.2) is 78.3 Å². The Morgan fingerprint density at radius 1 is 1.07 bits per heavy atom. The number of H-pyrrole nitrogens is 1. The number of aromatic amines is 1. The van der Waals surface area contributed by atoms with Crippen molar-refractivity contribution in [1.82, 2.24) is 14.8 Å². The van der Waals surface area contributed by atoms with Crippen LogP contribution in [0.4, 0.5) is 0 Å². The summed E-state index contributed by atoms with van der Waals surface area (Å²) in [5.41, 5.74) is 1.65. The fraction of sp³-hybridized carbons (Fsp3) is 0.591. The van der Waals surface area contributed by atoms with E-state index >= 15 is 0 Å². The molecule has 6 heteroatoms. The number of likely N-dealkylation sites (tertiary alicyclic amines) is 1. The quantitative estimate of drug-likeness (QED) is 0.866. The Bertz CT molecular complexity index is 801. The van der Waals surface area contributed by atoms with Gasteiger partial charge in [-0.25, -0.2) is 0 Å². The highest BCUT2D eigenvalue weighted by Gasteiger charge is 2.42. The van der Waals surface area contributed by atoms with Gasteiger partial charge >= 0.3 is 0 Å². The van der Waals surface area contributed by atoms with Gasteiger partial charge in [-0.1, -0.05) is 18.2 Å². The van der Waals surface area contributed by atoms with Gasteiger partial charge in [-0.3, -0.25) is 9.69 Å². The standard InChI is InChI=1S/C22H29N3O3/c26-21(20-15-17-3-1-2-4-19(17)23-20)25-8-6-22(7-9-25)16-18(5-12-28-22)24-10-13-27-14-11-24/h1-4,15,18,23H,5-14,16H2. The van der Waals surface area contributed by atoms with Gasteiger partial charge in [0, 0.05) is 49.7 Å². The number of piperidine rings is 1. The van der Waals surface area contributed by atoms with Gasteiger partial charge in [0.25, 0.3) is 5.91 Å². The number of carbonyl (C=O) groups is 1. The van der Waals surface area contributed by atoms with E-state index in [2.05, 4.69) is 9.88 Å². The third kappa shape index (κ3) is 3.45. The van der Waals surface area contributed by atoms with Crippen molar-refractivity contribution >= 4 is 16.8 Å². The molecule has 1 aromatic carbocycles.